The third-order valence-corrected chi connectivity index (χ3v) is 4.72. The summed E-state index contributed by atoms with van der Waals surface area (Å²) in [7, 11) is -2.46. The van der Waals surface area contributed by atoms with Gasteiger partial charge in [-0.25, -0.2) is 4.21 Å². The Bertz CT molecular complexity index is 313. The summed E-state index contributed by atoms with van der Waals surface area (Å²) in [4.78, 5) is 0. The Balaban J connectivity index is 3.19. The number of hydrogen-bond acceptors (Lipinski definition) is 3. The van der Waals surface area contributed by atoms with Gasteiger partial charge in [-0.15, -0.1) is 0 Å². The molecule has 0 heterocycles. The number of hydrogen-bond donors (Lipinski definition) is 0. The first kappa shape index (κ1) is 21.3. The molecule has 0 amide bonds. The zero-order chi connectivity index (χ0) is 16.0. The molecule has 0 bridgehead atoms. The summed E-state index contributed by atoms with van der Waals surface area (Å²) < 4.78 is 16.6. The number of unbranched alkanes of at least 4 members (excludes halogenated alkanes) is 11. The van der Waals surface area contributed by atoms with Gasteiger partial charge in [-0.3, -0.25) is 4.18 Å². The Labute approximate surface area is 138 Å². The fourth-order valence-corrected chi connectivity index (χ4v) is 3.71. The lowest BCUT2D eigenvalue weighted by Gasteiger charge is -2.12. The molecule has 0 aromatic heterocycles. The first-order valence-corrected chi connectivity index (χ1v) is 11.7. The second-order valence-electron chi connectivity index (χ2n) is 6.29. The van der Waals surface area contributed by atoms with E-state index in [0.717, 1.165) is 12.8 Å². The highest BCUT2D eigenvalue weighted by atomic mass is 32.8. The SMILES string of the molecule is CCCCCCCCCCCCCC[C@H](C)OS(C)(=O)=S. The lowest BCUT2D eigenvalue weighted by atomic mass is 10.0. The van der Waals surface area contributed by atoms with Crippen LogP contribution in [0.15, 0.2) is 0 Å². The van der Waals surface area contributed by atoms with E-state index in [1.807, 2.05) is 6.92 Å². The Morgan fingerprint density at radius 3 is 1.62 bits per heavy atom. The fraction of sp³-hybridized carbons (Fsp3) is 1.00. The Hall–Kier alpha value is 0.330. The normalized spacial score (nSPS) is 15.8. The van der Waals surface area contributed by atoms with Gasteiger partial charge in [0, 0.05) is 17.4 Å². The van der Waals surface area contributed by atoms with Crippen LogP contribution in [0, 0.1) is 0 Å². The molecule has 2 atom stereocenters. The molecule has 0 aliphatic heterocycles. The average Bonchev–Trinajstić information content (AvgIpc) is 2.38. The molecule has 0 saturated carbocycles. The Morgan fingerprint density at radius 2 is 1.24 bits per heavy atom. The summed E-state index contributed by atoms with van der Waals surface area (Å²) in [5.74, 6) is 0. The van der Waals surface area contributed by atoms with Crippen LogP contribution >= 0.6 is 0 Å². The van der Waals surface area contributed by atoms with Gasteiger partial charge < -0.3 is 0 Å². The number of rotatable bonds is 15. The van der Waals surface area contributed by atoms with Crippen molar-refractivity contribution in [3.8, 4) is 0 Å². The van der Waals surface area contributed by atoms with Crippen molar-refractivity contribution >= 4 is 20.0 Å². The molecule has 0 aliphatic rings. The van der Waals surface area contributed by atoms with Crippen LogP contribution in [0.5, 0.6) is 0 Å². The van der Waals surface area contributed by atoms with Gasteiger partial charge in [0.15, 0.2) is 0 Å². The minimum atomic E-state index is -2.46. The molecule has 1 unspecified atom stereocenters. The van der Waals surface area contributed by atoms with Crippen molar-refractivity contribution in [2.45, 2.75) is 103 Å². The van der Waals surface area contributed by atoms with Crippen LogP contribution in [0.4, 0.5) is 0 Å². The van der Waals surface area contributed by atoms with Crippen LogP contribution in [-0.4, -0.2) is 16.6 Å². The zero-order valence-electron chi connectivity index (χ0n) is 14.4. The van der Waals surface area contributed by atoms with Gasteiger partial charge in [0.1, 0.15) is 8.77 Å². The third-order valence-electron chi connectivity index (χ3n) is 3.80. The molecule has 0 fully saturated rings. The van der Waals surface area contributed by atoms with E-state index in [2.05, 4.69) is 6.92 Å². The van der Waals surface area contributed by atoms with Gasteiger partial charge >= 0.3 is 0 Å². The van der Waals surface area contributed by atoms with E-state index in [1.165, 1.54) is 76.9 Å². The first-order chi connectivity index (χ1) is 9.95. The van der Waals surface area contributed by atoms with E-state index >= 15 is 0 Å². The topological polar surface area (TPSA) is 26.3 Å². The monoisotopic (exact) mass is 336 g/mol. The summed E-state index contributed by atoms with van der Waals surface area (Å²) in [5, 5.41) is 0. The van der Waals surface area contributed by atoms with Crippen molar-refractivity contribution < 1.29 is 8.39 Å². The van der Waals surface area contributed by atoms with Crippen LogP contribution < -0.4 is 0 Å². The van der Waals surface area contributed by atoms with E-state index < -0.39 is 8.77 Å². The molecule has 0 N–H and O–H groups in total. The maximum absolute atomic E-state index is 11.3. The Kier molecular flexibility index (Phi) is 14.2. The van der Waals surface area contributed by atoms with Crippen LogP contribution in [-0.2, 0) is 24.1 Å². The minimum absolute atomic E-state index is 0.0307. The van der Waals surface area contributed by atoms with E-state index in [0.29, 0.717) is 0 Å². The molecular weight excluding hydrogens is 300 g/mol. The summed E-state index contributed by atoms with van der Waals surface area (Å²) in [5.41, 5.74) is 0. The van der Waals surface area contributed by atoms with Crippen molar-refractivity contribution in [1.82, 2.24) is 0 Å². The van der Waals surface area contributed by atoms with Gasteiger partial charge in [0.05, 0.1) is 6.10 Å². The standard InChI is InChI=1S/C17H36O2S2/c1-4-5-6-7-8-9-10-11-12-13-14-15-16-17(2)19-21(3,18)20/h17H,4-16H2,1-3H3/t17-,21?/m0/s1. The lowest BCUT2D eigenvalue weighted by Crippen LogP contribution is -2.12. The second kappa shape index (κ2) is 14.0. The van der Waals surface area contributed by atoms with E-state index in [9.17, 15) is 4.21 Å². The van der Waals surface area contributed by atoms with Crippen molar-refractivity contribution in [3.05, 3.63) is 0 Å². The highest BCUT2D eigenvalue weighted by Crippen LogP contribution is 2.14. The zero-order valence-corrected chi connectivity index (χ0v) is 16.0. The summed E-state index contributed by atoms with van der Waals surface area (Å²) in [6.07, 6.45) is 18.8. The molecule has 0 aliphatic carbocycles. The quantitative estimate of drug-likeness (QED) is 0.355. The molecular formula is C17H36O2S2. The van der Waals surface area contributed by atoms with Crippen LogP contribution in [0.1, 0.15) is 97.3 Å². The van der Waals surface area contributed by atoms with Crippen LogP contribution in [0.3, 0.4) is 0 Å². The molecule has 2 nitrogen and oxygen atoms in total. The van der Waals surface area contributed by atoms with Gasteiger partial charge in [-0.2, -0.15) is 0 Å². The summed E-state index contributed by atoms with van der Waals surface area (Å²) in [6.45, 7) is 4.23. The molecule has 0 rings (SSSR count). The van der Waals surface area contributed by atoms with Gasteiger partial charge in [0.25, 0.3) is 0 Å². The molecule has 128 valence electrons. The third kappa shape index (κ3) is 18.3. The van der Waals surface area contributed by atoms with Gasteiger partial charge in [-0.05, 0) is 13.3 Å². The van der Waals surface area contributed by atoms with E-state index in [-0.39, 0.29) is 6.10 Å². The smallest absolute Gasteiger partial charge is 0.141 e. The van der Waals surface area contributed by atoms with E-state index in [4.69, 9.17) is 15.4 Å². The van der Waals surface area contributed by atoms with Crippen LogP contribution in [0.2, 0.25) is 0 Å². The fourth-order valence-electron chi connectivity index (χ4n) is 2.62. The van der Waals surface area contributed by atoms with Crippen molar-refractivity contribution in [1.29, 1.82) is 0 Å². The molecule has 0 saturated heterocycles. The second-order valence-corrected chi connectivity index (χ2v) is 9.71. The predicted octanol–water partition coefficient (Wildman–Crippen LogP) is 5.77. The first-order valence-electron chi connectivity index (χ1n) is 8.84. The summed E-state index contributed by atoms with van der Waals surface area (Å²) in [6, 6.07) is 0. The molecule has 0 radical (unpaired) electrons. The van der Waals surface area contributed by atoms with Crippen molar-refractivity contribution in [2.24, 2.45) is 0 Å². The lowest BCUT2D eigenvalue weighted by molar-refractivity contribution is 0.230. The highest BCUT2D eigenvalue weighted by molar-refractivity contribution is 8.29. The van der Waals surface area contributed by atoms with Gasteiger partial charge in [0.2, 0.25) is 0 Å². The average molecular weight is 337 g/mol. The molecule has 4 heteroatoms. The maximum Gasteiger partial charge on any atom is 0.141 e. The molecule has 0 aromatic rings. The van der Waals surface area contributed by atoms with E-state index in [1.54, 1.807) is 0 Å². The van der Waals surface area contributed by atoms with Crippen molar-refractivity contribution in [3.63, 3.8) is 0 Å². The Morgan fingerprint density at radius 1 is 0.857 bits per heavy atom. The minimum Gasteiger partial charge on any atom is -0.287 e. The van der Waals surface area contributed by atoms with Crippen molar-refractivity contribution in [2.75, 3.05) is 6.26 Å². The van der Waals surface area contributed by atoms with Gasteiger partial charge in [-0.1, -0.05) is 84.0 Å². The molecule has 21 heavy (non-hydrogen) atoms. The summed E-state index contributed by atoms with van der Waals surface area (Å²) >= 11 is 4.76. The molecule has 0 aromatic carbocycles. The van der Waals surface area contributed by atoms with Crippen LogP contribution in [0.25, 0.3) is 0 Å². The highest BCUT2D eigenvalue weighted by Gasteiger charge is 2.06. The predicted molar refractivity (Wildman–Crippen MR) is 97.7 cm³/mol. The largest absolute Gasteiger partial charge is 0.287 e. The molecule has 0 spiro atoms. The maximum atomic E-state index is 11.3.